The number of β-amino-alcohol motifs (C(OH)–C–C–N with tert-alkyl or cyclic N) is 1. The standard InChI is InChI=1S/C29H34N8O3/c1-20-12-24(40-17-21(2)22-6-4-3-5-7-22)15-37-27(20)32-26(34-37)25(38)16-36-18-29(33-28(36)39)8-10-35(11-9-29)23-13-30-19-31-14-23/h3-7,12-15,19,21,25,38H,8-11,16-18H2,1-2H3,(H,33,39)/t21-,25?/m0/s1. The van der Waals surface area contributed by atoms with Crippen molar-refractivity contribution >= 4 is 17.4 Å². The zero-order valence-corrected chi connectivity index (χ0v) is 22.8. The van der Waals surface area contributed by atoms with Gasteiger partial charge in [-0.1, -0.05) is 37.3 Å². The van der Waals surface area contributed by atoms with E-state index in [2.05, 4.69) is 49.3 Å². The molecule has 0 bridgehead atoms. The molecule has 208 valence electrons. The molecule has 1 aromatic carbocycles. The largest absolute Gasteiger partial charge is 0.491 e. The second kappa shape index (κ2) is 10.7. The Hall–Kier alpha value is -4.25. The number of benzene rings is 1. The fourth-order valence-corrected chi connectivity index (χ4v) is 5.60. The summed E-state index contributed by atoms with van der Waals surface area (Å²) >= 11 is 0. The van der Waals surface area contributed by atoms with Crippen molar-refractivity contribution in [2.24, 2.45) is 0 Å². The number of fused-ring (bicyclic) bond motifs is 1. The van der Waals surface area contributed by atoms with Crippen molar-refractivity contribution in [1.82, 2.24) is 34.8 Å². The quantitative estimate of drug-likeness (QED) is 0.349. The summed E-state index contributed by atoms with van der Waals surface area (Å²) in [4.78, 5) is 29.6. The number of nitrogens with zero attached hydrogens (tertiary/aromatic N) is 7. The first-order valence-corrected chi connectivity index (χ1v) is 13.7. The van der Waals surface area contributed by atoms with Crippen LogP contribution in [0.25, 0.3) is 5.65 Å². The number of nitrogens with one attached hydrogen (secondary N) is 1. The van der Waals surface area contributed by atoms with Gasteiger partial charge >= 0.3 is 6.03 Å². The molecule has 2 saturated heterocycles. The number of aromatic nitrogens is 5. The van der Waals surface area contributed by atoms with Crippen LogP contribution in [0.15, 0.2) is 61.3 Å². The number of aliphatic hydroxyl groups is 1. The maximum atomic E-state index is 12.9. The van der Waals surface area contributed by atoms with Crippen molar-refractivity contribution in [1.29, 1.82) is 0 Å². The van der Waals surface area contributed by atoms with Crippen LogP contribution in [-0.2, 0) is 0 Å². The molecule has 1 spiro atoms. The lowest BCUT2D eigenvalue weighted by Crippen LogP contribution is -2.52. The molecule has 2 N–H and O–H groups in total. The molecule has 40 heavy (non-hydrogen) atoms. The molecule has 2 aliphatic heterocycles. The fraction of sp³-hybridized carbons (Fsp3) is 0.414. The van der Waals surface area contributed by atoms with E-state index in [1.807, 2.05) is 43.6 Å². The lowest BCUT2D eigenvalue weighted by molar-refractivity contribution is 0.121. The second-order valence-electron chi connectivity index (χ2n) is 10.9. The number of anilines is 1. The Kier molecular flexibility index (Phi) is 6.97. The topological polar surface area (TPSA) is 121 Å². The number of aliphatic hydroxyl groups excluding tert-OH is 1. The van der Waals surface area contributed by atoms with E-state index >= 15 is 0 Å². The predicted molar refractivity (Wildman–Crippen MR) is 149 cm³/mol. The van der Waals surface area contributed by atoms with Crippen LogP contribution in [-0.4, -0.2) is 78.9 Å². The number of ether oxygens (including phenoxy) is 1. The van der Waals surface area contributed by atoms with E-state index in [0.717, 1.165) is 37.2 Å². The third-order valence-corrected chi connectivity index (χ3v) is 7.95. The average Bonchev–Trinajstić information content (AvgIpc) is 3.54. The van der Waals surface area contributed by atoms with Gasteiger partial charge in [0.1, 0.15) is 18.2 Å². The third kappa shape index (κ3) is 5.29. The molecule has 0 radical (unpaired) electrons. The molecule has 6 rings (SSSR count). The molecule has 0 saturated carbocycles. The van der Waals surface area contributed by atoms with Crippen LogP contribution < -0.4 is 15.0 Å². The molecular weight excluding hydrogens is 508 g/mol. The SMILES string of the molecule is Cc1cc(OC[C@H](C)c2ccccc2)cn2nc(C(O)CN3CC4(CCN(c5cncnc5)CC4)NC3=O)nc12. The maximum absolute atomic E-state index is 12.9. The Labute approximate surface area is 232 Å². The highest BCUT2D eigenvalue weighted by Gasteiger charge is 2.45. The highest BCUT2D eigenvalue weighted by Crippen LogP contribution is 2.31. The van der Waals surface area contributed by atoms with E-state index in [9.17, 15) is 9.90 Å². The van der Waals surface area contributed by atoms with E-state index in [-0.39, 0.29) is 29.9 Å². The number of urea groups is 1. The number of rotatable bonds is 8. The van der Waals surface area contributed by atoms with Gasteiger partial charge in [-0.15, -0.1) is 5.10 Å². The van der Waals surface area contributed by atoms with Gasteiger partial charge < -0.3 is 25.0 Å². The Balaban J connectivity index is 1.08. The van der Waals surface area contributed by atoms with Gasteiger partial charge in [0.25, 0.3) is 0 Å². The fourth-order valence-electron chi connectivity index (χ4n) is 5.60. The van der Waals surface area contributed by atoms with Gasteiger partial charge in [0.2, 0.25) is 0 Å². The summed E-state index contributed by atoms with van der Waals surface area (Å²) in [5, 5.41) is 18.7. The van der Waals surface area contributed by atoms with E-state index in [0.29, 0.717) is 24.5 Å². The molecular formula is C29H34N8O3. The Bertz CT molecular complexity index is 1470. The van der Waals surface area contributed by atoms with Gasteiger partial charge in [-0.05, 0) is 37.0 Å². The van der Waals surface area contributed by atoms with Crippen LogP contribution in [0.4, 0.5) is 10.5 Å². The Morgan fingerprint density at radius 1 is 1.15 bits per heavy atom. The Morgan fingerprint density at radius 2 is 1.90 bits per heavy atom. The minimum Gasteiger partial charge on any atom is -0.491 e. The molecule has 1 unspecified atom stereocenters. The zero-order chi connectivity index (χ0) is 27.7. The van der Waals surface area contributed by atoms with E-state index in [1.54, 1.807) is 15.6 Å². The van der Waals surface area contributed by atoms with Crippen LogP contribution in [0.1, 0.15) is 48.7 Å². The Morgan fingerprint density at radius 3 is 2.65 bits per heavy atom. The highest BCUT2D eigenvalue weighted by atomic mass is 16.5. The normalized spacial score (nSPS) is 18.2. The molecule has 11 heteroatoms. The van der Waals surface area contributed by atoms with Gasteiger partial charge in [-0.2, -0.15) is 0 Å². The summed E-state index contributed by atoms with van der Waals surface area (Å²) in [6, 6.07) is 12.0. The number of carbonyl (C=O) groups excluding carboxylic acids is 1. The summed E-state index contributed by atoms with van der Waals surface area (Å²) in [6.07, 6.45) is 7.52. The smallest absolute Gasteiger partial charge is 0.318 e. The number of hydrogen-bond donors (Lipinski definition) is 2. The number of piperidine rings is 1. The minimum absolute atomic E-state index is 0.123. The number of carbonyl (C=O) groups is 1. The summed E-state index contributed by atoms with van der Waals surface area (Å²) in [5.74, 6) is 1.21. The lowest BCUT2D eigenvalue weighted by Gasteiger charge is -2.39. The molecule has 5 heterocycles. The van der Waals surface area contributed by atoms with Gasteiger partial charge in [-0.3, -0.25) is 0 Å². The zero-order valence-electron chi connectivity index (χ0n) is 22.8. The van der Waals surface area contributed by atoms with Gasteiger partial charge in [0.05, 0.1) is 43.0 Å². The van der Waals surface area contributed by atoms with E-state index < -0.39 is 6.10 Å². The summed E-state index contributed by atoms with van der Waals surface area (Å²) < 4.78 is 7.72. The molecule has 2 amide bonds. The maximum Gasteiger partial charge on any atom is 0.318 e. The van der Waals surface area contributed by atoms with Gasteiger partial charge in [0, 0.05) is 25.6 Å². The van der Waals surface area contributed by atoms with Gasteiger partial charge in [-0.25, -0.2) is 24.3 Å². The molecule has 0 aliphatic carbocycles. The van der Waals surface area contributed by atoms with Crippen molar-refractivity contribution in [3.63, 3.8) is 0 Å². The first-order chi connectivity index (χ1) is 19.4. The molecule has 3 aromatic heterocycles. The monoisotopic (exact) mass is 542 g/mol. The number of amides is 2. The molecule has 4 aromatic rings. The van der Waals surface area contributed by atoms with E-state index in [4.69, 9.17) is 4.74 Å². The lowest BCUT2D eigenvalue weighted by atomic mass is 9.88. The third-order valence-electron chi connectivity index (χ3n) is 7.95. The number of pyridine rings is 1. The van der Waals surface area contributed by atoms with Crippen LogP contribution in [0.3, 0.4) is 0 Å². The molecule has 2 atom stereocenters. The second-order valence-corrected chi connectivity index (χ2v) is 10.9. The first kappa shape index (κ1) is 26.0. The van der Waals surface area contributed by atoms with Crippen molar-refractivity contribution in [2.75, 3.05) is 37.7 Å². The van der Waals surface area contributed by atoms with Crippen molar-refractivity contribution in [2.45, 2.75) is 44.2 Å². The summed E-state index contributed by atoms with van der Waals surface area (Å²) in [7, 11) is 0. The average molecular weight is 543 g/mol. The summed E-state index contributed by atoms with van der Waals surface area (Å²) in [6.45, 7) is 6.85. The number of hydrogen-bond acceptors (Lipinski definition) is 8. The molecule has 2 aliphatic rings. The number of aryl methyl sites for hydroxylation is 1. The van der Waals surface area contributed by atoms with Crippen molar-refractivity contribution in [3.8, 4) is 5.75 Å². The van der Waals surface area contributed by atoms with Crippen LogP contribution in [0.5, 0.6) is 5.75 Å². The summed E-state index contributed by atoms with van der Waals surface area (Å²) in [5.41, 5.74) is 3.44. The van der Waals surface area contributed by atoms with Crippen molar-refractivity contribution in [3.05, 3.63) is 78.3 Å². The van der Waals surface area contributed by atoms with Crippen molar-refractivity contribution < 1.29 is 14.6 Å². The molecule has 2 fully saturated rings. The van der Waals surface area contributed by atoms with E-state index in [1.165, 1.54) is 11.9 Å². The van der Waals surface area contributed by atoms with Crippen LogP contribution in [0.2, 0.25) is 0 Å². The van der Waals surface area contributed by atoms with Crippen LogP contribution >= 0.6 is 0 Å². The minimum atomic E-state index is -1.01. The first-order valence-electron chi connectivity index (χ1n) is 13.7. The van der Waals surface area contributed by atoms with Gasteiger partial charge in [0.15, 0.2) is 11.5 Å². The molecule has 11 nitrogen and oxygen atoms in total. The predicted octanol–water partition coefficient (Wildman–Crippen LogP) is 3.11. The highest BCUT2D eigenvalue weighted by molar-refractivity contribution is 5.78. The van der Waals surface area contributed by atoms with Crippen LogP contribution in [0, 0.1) is 6.92 Å².